The first-order valence-electron chi connectivity index (χ1n) is 8.86. The number of amides is 4. The Morgan fingerprint density at radius 2 is 1.88 bits per heavy atom. The van der Waals surface area contributed by atoms with E-state index in [2.05, 4.69) is 5.32 Å². The van der Waals surface area contributed by atoms with Crippen LogP contribution in [0.2, 0.25) is 0 Å². The zero-order valence-electron chi connectivity index (χ0n) is 15.4. The average molecular weight is 355 g/mol. The van der Waals surface area contributed by atoms with Crippen molar-refractivity contribution in [1.82, 2.24) is 15.1 Å². The summed E-state index contributed by atoms with van der Waals surface area (Å²) in [5, 5.41) is 2.87. The van der Waals surface area contributed by atoms with Gasteiger partial charge in [-0.2, -0.15) is 0 Å². The summed E-state index contributed by atoms with van der Waals surface area (Å²) >= 11 is 0. The van der Waals surface area contributed by atoms with E-state index < -0.39 is 11.6 Å². The number of carbonyl (C=O) groups is 3. The summed E-state index contributed by atoms with van der Waals surface area (Å²) in [5.74, 6) is -0.467. The molecular formula is C17H29N3O5. The van der Waals surface area contributed by atoms with Crippen LogP contribution < -0.4 is 5.32 Å². The van der Waals surface area contributed by atoms with E-state index in [4.69, 9.17) is 9.47 Å². The molecule has 1 spiro atoms. The summed E-state index contributed by atoms with van der Waals surface area (Å²) in [7, 11) is 3.12. The highest BCUT2D eigenvalue weighted by molar-refractivity contribution is 6.09. The van der Waals surface area contributed by atoms with Gasteiger partial charge in [0.05, 0.1) is 13.2 Å². The van der Waals surface area contributed by atoms with Crippen LogP contribution in [0.25, 0.3) is 0 Å². The van der Waals surface area contributed by atoms with Gasteiger partial charge in [0.2, 0.25) is 5.91 Å². The van der Waals surface area contributed by atoms with Gasteiger partial charge >= 0.3 is 6.03 Å². The molecule has 2 atom stereocenters. The van der Waals surface area contributed by atoms with Crippen molar-refractivity contribution in [3.05, 3.63) is 0 Å². The van der Waals surface area contributed by atoms with Crippen molar-refractivity contribution < 1.29 is 23.9 Å². The molecule has 4 amide bonds. The van der Waals surface area contributed by atoms with Gasteiger partial charge in [-0.1, -0.05) is 19.8 Å². The van der Waals surface area contributed by atoms with E-state index in [9.17, 15) is 14.4 Å². The first-order chi connectivity index (χ1) is 12.0. The molecule has 2 rings (SSSR count). The van der Waals surface area contributed by atoms with E-state index in [0.29, 0.717) is 32.7 Å². The molecule has 0 radical (unpaired) electrons. The molecule has 1 saturated carbocycles. The summed E-state index contributed by atoms with van der Waals surface area (Å²) in [4.78, 5) is 40.5. The number of nitrogens with one attached hydrogen (secondary N) is 1. The molecule has 2 fully saturated rings. The topological polar surface area (TPSA) is 88.2 Å². The number of rotatable bonds is 8. The van der Waals surface area contributed by atoms with Crippen molar-refractivity contribution >= 4 is 17.8 Å². The van der Waals surface area contributed by atoms with Crippen LogP contribution in [-0.4, -0.2) is 80.3 Å². The molecule has 0 bridgehead atoms. The molecule has 1 aliphatic carbocycles. The van der Waals surface area contributed by atoms with E-state index in [1.807, 2.05) is 6.92 Å². The average Bonchev–Trinajstić information content (AvgIpc) is 2.83. The van der Waals surface area contributed by atoms with Gasteiger partial charge in [0, 0.05) is 27.3 Å². The molecule has 25 heavy (non-hydrogen) atoms. The standard InChI is InChI=1S/C17H29N3O5/c1-13-6-4-5-7-17(13)15(22)20(16(23)18-17)12-14(21)19(8-10-24-2)9-11-25-3/h13H,4-12H2,1-3H3,(H,18,23)/t13-,17+/m0/s1. The number of methoxy groups -OCH3 is 2. The molecule has 0 aromatic carbocycles. The fourth-order valence-electron chi connectivity index (χ4n) is 3.64. The van der Waals surface area contributed by atoms with Gasteiger partial charge in [-0.3, -0.25) is 14.5 Å². The van der Waals surface area contributed by atoms with Gasteiger partial charge < -0.3 is 19.7 Å². The van der Waals surface area contributed by atoms with E-state index in [-0.39, 0.29) is 24.3 Å². The Balaban J connectivity index is 2.05. The van der Waals surface area contributed by atoms with E-state index in [0.717, 1.165) is 24.2 Å². The first kappa shape index (κ1) is 19.7. The number of carbonyl (C=O) groups excluding carboxylic acids is 3. The Kier molecular flexibility index (Phi) is 6.78. The molecule has 142 valence electrons. The molecule has 8 heteroatoms. The van der Waals surface area contributed by atoms with Gasteiger partial charge in [-0.15, -0.1) is 0 Å². The second-order valence-corrected chi connectivity index (χ2v) is 6.81. The van der Waals surface area contributed by atoms with Crippen LogP contribution in [0.3, 0.4) is 0 Å². The smallest absolute Gasteiger partial charge is 0.325 e. The monoisotopic (exact) mass is 355 g/mol. The van der Waals surface area contributed by atoms with Crippen molar-refractivity contribution in [2.75, 3.05) is 47.1 Å². The van der Waals surface area contributed by atoms with Gasteiger partial charge in [0.1, 0.15) is 12.1 Å². The third kappa shape index (κ3) is 4.12. The zero-order valence-corrected chi connectivity index (χ0v) is 15.4. The Morgan fingerprint density at radius 1 is 1.24 bits per heavy atom. The van der Waals surface area contributed by atoms with Crippen LogP contribution in [0.15, 0.2) is 0 Å². The van der Waals surface area contributed by atoms with Crippen LogP contribution in [0.4, 0.5) is 4.79 Å². The summed E-state index contributed by atoms with van der Waals surface area (Å²) < 4.78 is 10.0. The molecule has 1 N–H and O–H groups in total. The molecule has 2 aliphatic rings. The number of nitrogens with zero attached hydrogens (tertiary/aromatic N) is 2. The Morgan fingerprint density at radius 3 is 2.44 bits per heavy atom. The van der Waals surface area contributed by atoms with E-state index in [1.165, 1.54) is 0 Å². The number of hydrogen-bond donors (Lipinski definition) is 1. The predicted molar refractivity (Wildman–Crippen MR) is 90.9 cm³/mol. The summed E-state index contributed by atoms with van der Waals surface area (Å²) in [5.41, 5.74) is -0.834. The molecule has 0 unspecified atom stereocenters. The number of urea groups is 1. The fourth-order valence-corrected chi connectivity index (χ4v) is 3.64. The maximum absolute atomic E-state index is 12.9. The summed E-state index contributed by atoms with van der Waals surface area (Å²) in [6, 6.07) is -0.467. The minimum absolute atomic E-state index is 0.0795. The van der Waals surface area contributed by atoms with Crippen LogP contribution >= 0.6 is 0 Å². The van der Waals surface area contributed by atoms with Gasteiger partial charge in [0.15, 0.2) is 0 Å². The number of hydrogen-bond acceptors (Lipinski definition) is 5. The number of ether oxygens (including phenoxy) is 2. The maximum atomic E-state index is 12.9. The van der Waals surface area contributed by atoms with Crippen molar-refractivity contribution in [1.29, 1.82) is 0 Å². The molecule has 8 nitrogen and oxygen atoms in total. The SMILES string of the molecule is COCCN(CCOC)C(=O)CN1C(=O)N[C@@]2(CCCC[C@@H]2C)C1=O. The van der Waals surface area contributed by atoms with Crippen molar-refractivity contribution in [3.8, 4) is 0 Å². The Hall–Kier alpha value is -1.67. The minimum atomic E-state index is -0.834. The highest BCUT2D eigenvalue weighted by Crippen LogP contribution is 2.38. The highest BCUT2D eigenvalue weighted by atomic mass is 16.5. The quantitative estimate of drug-likeness (QED) is 0.645. The van der Waals surface area contributed by atoms with Crippen molar-refractivity contribution in [2.45, 2.75) is 38.1 Å². The van der Waals surface area contributed by atoms with Crippen molar-refractivity contribution in [3.63, 3.8) is 0 Å². The molecule has 1 heterocycles. The fraction of sp³-hybridized carbons (Fsp3) is 0.824. The van der Waals surface area contributed by atoms with Crippen LogP contribution in [-0.2, 0) is 19.1 Å². The third-order valence-electron chi connectivity index (χ3n) is 5.28. The van der Waals surface area contributed by atoms with Gasteiger partial charge in [-0.05, 0) is 18.8 Å². The lowest BCUT2D eigenvalue weighted by atomic mass is 9.73. The lowest BCUT2D eigenvalue weighted by Gasteiger charge is -2.36. The normalized spacial score (nSPS) is 26.2. The lowest BCUT2D eigenvalue weighted by Crippen LogP contribution is -2.54. The number of imide groups is 1. The second kappa shape index (κ2) is 8.62. The Labute approximate surface area is 148 Å². The zero-order chi connectivity index (χ0) is 18.4. The summed E-state index contributed by atoms with van der Waals surface area (Å²) in [6.07, 6.45) is 3.51. The molecule has 0 aromatic heterocycles. The Bertz CT molecular complexity index is 505. The van der Waals surface area contributed by atoms with E-state index in [1.54, 1.807) is 19.1 Å². The van der Waals surface area contributed by atoms with Crippen LogP contribution in [0.1, 0.15) is 32.6 Å². The molecule has 0 aromatic rings. The van der Waals surface area contributed by atoms with Crippen LogP contribution in [0, 0.1) is 5.92 Å². The molecule has 1 aliphatic heterocycles. The van der Waals surface area contributed by atoms with Crippen molar-refractivity contribution in [2.24, 2.45) is 5.92 Å². The highest BCUT2D eigenvalue weighted by Gasteiger charge is 2.55. The largest absolute Gasteiger partial charge is 0.383 e. The van der Waals surface area contributed by atoms with Crippen LogP contribution in [0.5, 0.6) is 0 Å². The molecular weight excluding hydrogens is 326 g/mol. The predicted octanol–water partition coefficient (Wildman–Crippen LogP) is 0.609. The van der Waals surface area contributed by atoms with Gasteiger partial charge in [-0.25, -0.2) is 4.79 Å². The lowest BCUT2D eigenvalue weighted by molar-refractivity contribution is -0.141. The van der Waals surface area contributed by atoms with E-state index >= 15 is 0 Å². The second-order valence-electron chi connectivity index (χ2n) is 6.81. The summed E-state index contributed by atoms with van der Waals surface area (Å²) in [6.45, 7) is 3.31. The third-order valence-corrected chi connectivity index (χ3v) is 5.28. The minimum Gasteiger partial charge on any atom is -0.383 e. The first-order valence-corrected chi connectivity index (χ1v) is 8.86. The molecule has 1 saturated heterocycles. The maximum Gasteiger partial charge on any atom is 0.325 e. The van der Waals surface area contributed by atoms with Gasteiger partial charge in [0.25, 0.3) is 5.91 Å².